The summed E-state index contributed by atoms with van der Waals surface area (Å²) in [6, 6.07) is 16.2. The number of thiophene rings is 1. The summed E-state index contributed by atoms with van der Waals surface area (Å²) in [5, 5.41) is 27.7. The summed E-state index contributed by atoms with van der Waals surface area (Å²) in [6.45, 7) is 3.70. The number of Topliss-reactive ketones (excluding diaryl/α,β-unsaturated/α-hetero) is 1. The number of nitrogens with zero attached hydrogens (tertiary/aromatic N) is 1. The molecule has 9 nitrogen and oxygen atoms in total. The number of phenols is 1. The van der Waals surface area contributed by atoms with Gasteiger partial charge in [-0.25, -0.2) is 4.79 Å². The second kappa shape index (κ2) is 12.0. The second-order valence-electron chi connectivity index (χ2n) is 9.98. The molecular weight excluding hydrogens is 544 g/mol. The Labute approximate surface area is 241 Å². The molecule has 212 valence electrons. The maximum absolute atomic E-state index is 13.8. The number of esters is 1. The molecule has 0 spiro atoms. The molecule has 0 unspecified atom stereocenters. The minimum absolute atomic E-state index is 0.0188. The van der Waals surface area contributed by atoms with Gasteiger partial charge >= 0.3 is 11.7 Å². The van der Waals surface area contributed by atoms with Gasteiger partial charge < -0.3 is 19.9 Å². The number of hydrogen-bond acceptors (Lipinski definition) is 9. The van der Waals surface area contributed by atoms with E-state index in [-0.39, 0.29) is 42.7 Å². The standard InChI is InChI=1S/C31H30N2O7S/c1-3-39-25-17-21(15-23(30(25)35)33(37)38)28-27(31(36)40-12-11-19-8-5-4-6-9-19)18(2)32-22-14-20(16-24(34)29(22)28)26-10-7-13-41-26/h4-10,13,15,17,20,28,32,35H,3,11-12,14,16H2,1-2H3/t20-,28-/m0/s1. The van der Waals surface area contributed by atoms with E-state index in [0.29, 0.717) is 35.4 Å². The summed E-state index contributed by atoms with van der Waals surface area (Å²) in [7, 11) is 0. The third-order valence-electron chi connectivity index (χ3n) is 7.37. The number of nitro groups is 1. The van der Waals surface area contributed by atoms with Gasteiger partial charge in [0.25, 0.3) is 0 Å². The van der Waals surface area contributed by atoms with Gasteiger partial charge in [-0.2, -0.15) is 0 Å². The first kappa shape index (κ1) is 28.1. The Kier molecular flexibility index (Phi) is 8.21. The largest absolute Gasteiger partial charge is 0.500 e. The summed E-state index contributed by atoms with van der Waals surface area (Å²) in [5.41, 5.74) is 2.49. The predicted molar refractivity (Wildman–Crippen MR) is 154 cm³/mol. The van der Waals surface area contributed by atoms with Gasteiger partial charge in [-0.15, -0.1) is 11.3 Å². The van der Waals surface area contributed by atoms with Crippen LogP contribution in [0.5, 0.6) is 11.5 Å². The third kappa shape index (κ3) is 5.74. The molecule has 0 amide bonds. The lowest BCUT2D eigenvalue weighted by Gasteiger charge is -2.36. The fourth-order valence-corrected chi connectivity index (χ4v) is 6.37. The van der Waals surface area contributed by atoms with Crippen LogP contribution < -0.4 is 10.1 Å². The molecule has 10 heteroatoms. The lowest BCUT2D eigenvalue weighted by molar-refractivity contribution is -0.386. The number of aromatic hydroxyl groups is 1. The Morgan fingerprint density at radius 3 is 2.63 bits per heavy atom. The van der Waals surface area contributed by atoms with Crippen LogP contribution in [0.2, 0.25) is 0 Å². The van der Waals surface area contributed by atoms with Crippen molar-refractivity contribution in [3.63, 3.8) is 0 Å². The van der Waals surface area contributed by atoms with Crippen LogP contribution >= 0.6 is 11.3 Å². The average molecular weight is 575 g/mol. The number of hydrogen-bond donors (Lipinski definition) is 2. The molecule has 0 saturated carbocycles. The van der Waals surface area contributed by atoms with Crippen LogP contribution in [-0.2, 0) is 20.7 Å². The van der Waals surface area contributed by atoms with E-state index >= 15 is 0 Å². The van der Waals surface area contributed by atoms with Gasteiger partial charge in [0.2, 0.25) is 5.75 Å². The summed E-state index contributed by atoms with van der Waals surface area (Å²) >= 11 is 1.59. The summed E-state index contributed by atoms with van der Waals surface area (Å²) in [5.74, 6) is -2.43. The minimum Gasteiger partial charge on any atom is -0.500 e. The number of carbonyl (C=O) groups excluding carboxylic acids is 2. The molecule has 1 aliphatic heterocycles. The van der Waals surface area contributed by atoms with Crippen LogP contribution in [0, 0.1) is 10.1 Å². The number of ketones is 1. The molecular formula is C31H30N2O7S. The number of phenolic OH excluding ortho intramolecular Hbond substituents is 1. The van der Waals surface area contributed by atoms with Gasteiger partial charge in [-0.1, -0.05) is 36.4 Å². The van der Waals surface area contributed by atoms with Crippen LogP contribution in [0.25, 0.3) is 0 Å². The first-order valence-electron chi connectivity index (χ1n) is 13.4. The van der Waals surface area contributed by atoms with Crippen LogP contribution in [0.3, 0.4) is 0 Å². The third-order valence-corrected chi connectivity index (χ3v) is 8.40. The maximum atomic E-state index is 13.8. The van der Waals surface area contributed by atoms with Crippen LogP contribution in [0.1, 0.15) is 54.5 Å². The number of allylic oxidation sites excluding steroid dienone is 3. The molecule has 1 aliphatic carbocycles. The van der Waals surface area contributed by atoms with Crippen molar-refractivity contribution in [1.29, 1.82) is 0 Å². The first-order chi connectivity index (χ1) is 19.8. The quantitative estimate of drug-likeness (QED) is 0.183. The van der Waals surface area contributed by atoms with Crippen molar-refractivity contribution in [2.45, 2.75) is 44.9 Å². The molecule has 2 N–H and O–H groups in total. The van der Waals surface area contributed by atoms with Crippen molar-refractivity contribution >= 4 is 28.8 Å². The summed E-state index contributed by atoms with van der Waals surface area (Å²) in [4.78, 5) is 39.7. The Bertz CT molecular complexity index is 1540. The molecule has 2 heterocycles. The van der Waals surface area contributed by atoms with E-state index in [9.17, 15) is 24.8 Å². The fourth-order valence-electron chi connectivity index (χ4n) is 5.54. The molecule has 2 atom stereocenters. The van der Waals surface area contributed by atoms with Crippen molar-refractivity contribution < 1.29 is 29.1 Å². The highest BCUT2D eigenvalue weighted by molar-refractivity contribution is 7.10. The maximum Gasteiger partial charge on any atom is 0.336 e. The van der Waals surface area contributed by atoms with E-state index in [1.165, 1.54) is 12.1 Å². The zero-order valence-electron chi connectivity index (χ0n) is 22.7. The summed E-state index contributed by atoms with van der Waals surface area (Å²) < 4.78 is 11.2. The SMILES string of the molecule is CCOc1cc([C@H]2C(C(=O)OCCc3ccccc3)=C(C)NC3=C2C(=O)C[C@@H](c2cccs2)C3)cc([N+](=O)[O-])c1O. The highest BCUT2D eigenvalue weighted by atomic mass is 32.1. The number of ether oxygens (including phenoxy) is 2. The topological polar surface area (TPSA) is 128 Å². The number of rotatable bonds is 9. The molecule has 2 aliphatic rings. The van der Waals surface area contributed by atoms with Crippen molar-refractivity contribution in [2.75, 3.05) is 13.2 Å². The predicted octanol–water partition coefficient (Wildman–Crippen LogP) is 5.91. The molecule has 0 radical (unpaired) electrons. The van der Waals surface area contributed by atoms with E-state index in [1.54, 1.807) is 25.2 Å². The summed E-state index contributed by atoms with van der Waals surface area (Å²) in [6.07, 6.45) is 1.29. The first-order valence-corrected chi connectivity index (χ1v) is 14.3. The van der Waals surface area contributed by atoms with E-state index in [2.05, 4.69) is 5.32 Å². The molecule has 0 saturated heterocycles. The molecule has 1 aromatic heterocycles. The number of nitro benzene ring substituents is 1. The number of carbonyl (C=O) groups is 2. The van der Waals surface area contributed by atoms with E-state index in [1.807, 2.05) is 47.8 Å². The molecule has 2 aromatic carbocycles. The van der Waals surface area contributed by atoms with Gasteiger partial charge in [-0.05, 0) is 48.9 Å². The van der Waals surface area contributed by atoms with Crippen LogP contribution in [0.15, 0.2) is 82.5 Å². The molecule has 5 rings (SSSR count). The van der Waals surface area contributed by atoms with Crippen molar-refractivity contribution in [3.8, 4) is 11.5 Å². The monoisotopic (exact) mass is 574 g/mol. The number of dihydropyridines is 1. The van der Waals surface area contributed by atoms with Gasteiger partial charge in [0, 0.05) is 52.6 Å². The van der Waals surface area contributed by atoms with Gasteiger partial charge in [-0.3, -0.25) is 14.9 Å². The molecule has 3 aromatic rings. The molecule has 0 fully saturated rings. The normalized spacial score (nSPS) is 18.5. The smallest absolute Gasteiger partial charge is 0.336 e. The fraction of sp³-hybridized carbons (Fsp3) is 0.290. The van der Waals surface area contributed by atoms with Gasteiger partial charge in [0.05, 0.1) is 23.7 Å². The minimum atomic E-state index is -0.939. The van der Waals surface area contributed by atoms with Gasteiger partial charge in [0.1, 0.15) is 0 Å². The van der Waals surface area contributed by atoms with Crippen LogP contribution in [0.4, 0.5) is 5.69 Å². The number of nitrogens with one attached hydrogen (secondary N) is 1. The zero-order valence-corrected chi connectivity index (χ0v) is 23.5. The number of benzene rings is 2. The highest BCUT2D eigenvalue weighted by Gasteiger charge is 2.42. The van der Waals surface area contributed by atoms with E-state index in [0.717, 1.165) is 10.4 Å². The van der Waals surface area contributed by atoms with Crippen LogP contribution in [-0.4, -0.2) is 35.0 Å². The second-order valence-corrected chi connectivity index (χ2v) is 11.0. The van der Waals surface area contributed by atoms with Crippen molar-refractivity contribution in [2.24, 2.45) is 0 Å². The van der Waals surface area contributed by atoms with E-state index in [4.69, 9.17) is 9.47 Å². The van der Waals surface area contributed by atoms with Gasteiger partial charge in [0.15, 0.2) is 11.5 Å². The molecule has 0 bridgehead atoms. The zero-order chi connectivity index (χ0) is 29.1. The Hall–Kier alpha value is -4.44. The Balaban J connectivity index is 1.57. The lowest BCUT2D eigenvalue weighted by atomic mass is 9.72. The lowest BCUT2D eigenvalue weighted by Crippen LogP contribution is -2.36. The average Bonchev–Trinajstić information content (AvgIpc) is 3.49. The Morgan fingerprint density at radius 2 is 1.95 bits per heavy atom. The Morgan fingerprint density at radius 1 is 1.17 bits per heavy atom. The van der Waals surface area contributed by atoms with E-state index < -0.39 is 28.2 Å². The van der Waals surface area contributed by atoms with Crippen molar-refractivity contribution in [1.82, 2.24) is 5.32 Å². The van der Waals surface area contributed by atoms with Crippen molar-refractivity contribution in [3.05, 3.63) is 109 Å². The highest BCUT2D eigenvalue weighted by Crippen LogP contribution is 2.49. The molecule has 41 heavy (non-hydrogen) atoms.